The van der Waals surface area contributed by atoms with Crippen LogP contribution >= 0.6 is 0 Å². The first-order chi connectivity index (χ1) is 10.1. The highest BCUT2D eigenvalue weighted by molar-refractivity contribution is 5.85. The Kier molecular flexibility index (Phi) is 4.00. The van der Waals surface area contributed by atoms with Crippen molar-refractivity contribution in [3.63, 3.8) is 0 Å². The average Bonchev–Trinajstić information content (AvgIpc) is 3.03. The van der Waals surface area contributed by atoms with E-state index in [1.807, 2.05) is 18.2 Å². The third kappa shape index (κ3) is 2.70. The molecule has 2 fully saturated rings. The van der Waals surface area contributed by atoms with Crippen molar-refractivity contribution in [2.24, 2.45) is 5.92 Å². The van der Waals surface area contributed by atoms with Crippen LogP contribution in [0.2, 0.25) is 0 Å². The van der Waals surface area contributed by atoms with E-state index in [-0.39, 0.29) is 18.1 Å². The van der Waals surface area contributed by atoms with Crippen LogP contribution in [0.1, 0.15) is 32.0 Å². The predicted octanol–water partition coefficient (Wildman–Crippen LogP) is 1.85. The van der Waals surface area contributed by atoms with E-state index in [1.54, 1.807) is 0 Å². The van der Waals surface area contributed by atoms with Gasteiger partial charge in [0.25, 0.3) is 0 Å². The Bertz CT molecular complexity index is 502. The van der Waals surface area contributed by atoms with Crippen LogP contribution in [0.5, 0.6) is 0 Å². The normalized spacial score (nSPS) is 30.6. The van der Waals surface area contributed by atoms with Gasteiger partial charge in [0.05, 0.1) is 6.04 Å². The molecule has 1 aromatic rings. The number of amides is 1. The fraction of sp³-hybridized carbons (Fsp3) is 0.588. The molecule has 0 saturated carbocycles. The molecule has 3 unspecified atom stereocenters. The third-order valence-electron chi connectivity index (χ3n) is 4.68. The lowest BCUT2D eigenvalue weighted by Gasteiger charge is -2.30. The quantitative estimate of drug-likeness (QED) is 0.921. The minimum Gasteiger partial charge on any atom is -0.317 e. The van der Waals surface area contributed by atoms with E-state index in [1.165, 1.54) is 5.56 Å². The molecule has 3 rings (SSSR count). The molecular weight excluding hydrogens is 262 g/mol. The summed E-state index contributed by atoms with van der Waals surface area (Å²) in [6.45, 7) is 6.27. The summed E-state index contributed by atoms with van der Waals surface area (Å²) in [5.74, 6) is 0.576. The van der Waals surface area contributed by atoms with Gasteiger partial charge in [0.2, 0.25) is 5.91 Å². The minimum absolute atomic E-state index is 0.0163. The molecule has 0 aromatic heterocycles. The lowest BCUT2D eigenvalue weighted by molar-refractivity contribution is -0.132. The predicted molar refractivity (Wildman–Crippen MR) is 83.7 cm³/mol. The van der Waals surface area contributed by atoms with Gasteiger partial charge >= 0.3 is 0 Å². The molecule has 4 nitrogen and oxygen atoms in total. The zero-order chi connectivity index (χ0) is 15.0. The minimum atomic E-state index is -0.0684. The van der Waals surface area contributed by atoms with Gasteiger partial charge in [-0.25, -0.2) is 0 Å². The Morgan fingerprint density at radius 3 is 2.52 bits per heavy atom. The van der Waals surface area contributed by atoms with Crippen molar-refractivity contribution in [2.75, 3.05) is 20.1 Å². The number of benzene rings is 1. The number of likely N-dealkylation sites (N-methyl/N-ethyl adjacent to an activating group) is 1. The zero-order valence-electron chi connectivity index (χ0n) is 13.1. The lowest BCUT2D eigenvalue weighted by Crippen LogP contribution is -2.42. The molecule has 4 heteroatoms. The molecular formula is C17H25N3O. The van der Waals surface area contributed by atoms with Crippen LogP contribution in [0, 0.1) is 5.92 Å². The molecule has 2 aliphatic rings. The van der Waals surface area contributed by atoms with Crippen molar-refractivity contribution in [3.8, 4) is 0 Å². The fourth-order valence-electron chi connectivity index (χ4n) is 3.51. The standard InChI is InChI=1S/C17H25N3O/c1-12(2)15-17(21)20(14-9-10-19(3)11-14)16(18-15)13-7-5-4-6-8-13/h4-8,12,14-16,18H,9-11H2,1-3H3. The third-order valence-corrected chi connectivity index (χ3v) is 4.68. The van der Waals surface area contributed by atoms with Crippen LogP contribution in [0.15, 0.2) is 30.3 Å². The highest BCUT2D eigenvalue weighted by atomic mass is 16.2. The highest BCUT2D eigenvalue weighted by Crippen LogP contribution is 2.32. The number of nitrogens with zero attached hydrogens (tertiary/aromatic N) is 2. The molecule has 1 aromatic carbocycles. The van der Waals surface area contributed by atoms with Gasteiger partial charge in [-0.15, -0.1) is 0 Å². The number of nitrogens with one attached hydrogen (secondary N) is 1. The van der Waals surface area contributed by atoms with Gasteiger partial charge in [0.1, 0.15) is 6.17 Å². The molecule has 0 spiro atoms. The topological polar surface area (TPSA) is 35.6 Å². The van der Waals surface area contributed by atoms with Gasteiger partial charge in [0, 0.05) is 12.6 Å². The molecule has 0 aliphatic carbocycles. The maximum absolute atomic E-state index is 12.9. The Balaban J connectivity index is 1.90. The zero-order valence-corrected chi connectivity index (χ0v) is 13.1. The summed E-state index contributed by atoms with van der Waals surface area (Å²) in [5, 5.41) is 3.56. The fourth-order valence-corrected chi connectivity index (χ4v) is 3.51. The van der Waals surface area contributed by atoms with Gasteiger partial charge in [0.15, 0.2) is 0 Å². The molecule has 2 saturated heterocycles. The molecule has 1 amide bonds. The van der Waals surface area contributed by atoms with Crippen molar-refractivity contribution in [2.45, 2.75) is 38.5 Å². The number of hydrogen-bond donors (Lipinski definition) is 1. The number of rotatable bonds is 3. The van der Waals surface area contributed by atoms with Crippen LogP contribution in [-0.2, 0) is 4.79 Å². The summed E-state index contributed by atoms with van der Waals surface area (Å²) in [7, 11) is 2.13. The molecule has 2 aliphatic heterocycles. The van der Waals surface area contributed by atoms with Crippen LogP contribution in [0.4, 0.5) is 0 Å². The Labute approximate surface area is 127 Å². The number of carbonyl (C=O) groups excluding carboxylic acids is 1. The molecule has 114 valence electrons. The molecule has 1 N–H and O–H groups in total. The second kappa shape index (κ2) is 5.78. The smallest absolute Gasteiger partial charge is 0.241 e. The van der Waals surface area contributed by atoms with E-state index < -0.39 is 0 Å². The molecule has 0 bridgehead atoms. The molecule has 21 heavy (non-hydrogen) atoms. The molecule has 3 atom stereocenters. The van der Waals surface area contributed by atoms with Crippen molar-refractivity contribution in [3.05, 3.63) is 35.9 Å². The first kappa shape index (κ1) is 14.5. The van der Waals surface area contributed by atoms with E-state index >= 15 is 0 Å². The first-order valence-electron chi connectivity index (χ1n) is 7.89. The second-order valence-electron chi connectivity index (χ2n) is 6.65. The lowest BCUT2D eigenvalue weighted by atomic mass is 10.0. The van der Waals surface area contributed by atoms with Crippen molar-refractivity contribution < 1.29 is 4.79 Å². The van der Waals surface area contributed by atoms with Gasteiger partial charge in [-0.1, -0.05) is 44.2 Å². The second-order valence-corrected chi connectivity index (χ2v) is 6.65. The first-order valence-corrected chi connectivity index (χ1v) is 7.89. The summed E-state index contributed by atoms with van der Waals surface area (Å²) in [4.78, 5) is 17.3. The SMILES string of the molecule is CC(C)C1NC(c2ccccc2)N(C2CCN(C)C2)C1=O. The highest BCUT2D eigenvalue weighted by Gasteiger charge is 2.45. The Morgan fingerprint density at radius 2 is 1.95 bits per heavy atom. The monoisotopic (exact) mass is 287 g/mol. The van der Waals surface area contributed by atoms with Gasteiger partial charge in [-0.05, 0) is 31.5 Å². The van der Waals surface area contributed by atoms with Crippen LogP contribution in [-0.4, -0.2) is 47.9 Å². The van der Waals surface area contributed by atoms with E-state index in [2.05, 4.69) is 48.1 Å². The maximum atomic E-state index is 12.9. The van der Waals surface area contributed by atoms with Crippen LogP contribution in [0.25, 0.3) is 0 Å². The number of carbonyl (C=O) groups is 1. The summed E-state index contributed by atoms with van der Waals surface area (Å²) in [6.07, 6.45) is 1.08. The number of likely N-dealkylation sites (tertiary alicyclic amines) is 1. The van der Waals surface area contributed by atoms with Gasteiger partial charge in [-0.3, -0.25) is 10.1 Å². The number of hydrogen-bond acceptors (Lipinski definition) is 3. The van der Waals surface area contributed by atoms with Crippen molar-refractivity contribution >= 4 is 5.91 Å². The largest absolute Gasteiger partial charge is 0.317 e. The van der Waals surface area contributed by atoms with E-state index in [9.17, 15) is 4.79 Å². The molecule has 0 radical (unpaired) electrons. The summed E-state index contributed by atoms with van der Waals surface area (Å²) >= 11 is 0. The summed E-state index contributed by atoms with van der Waals surface area (Å²) in [5.41, 5.74) is 1.18. The summed E-state index contributed by atoms with van der Waals surface area (Å²) < 4.78 is 0. The van der Waals surface area contributed by atoms with Gasteiger partial charge < -0.3 is 9.80 Å². The van der Waals surface area contributed by atoms with E-state index in [4.69, 9.17) is 0 Å². The molecule has 2 heterocycles. The Hall–Kier alpha value is -1.39. The van der Waals surface area contributed by atoms with Crippen LogP contribution in [0.3, 0.4) is 0 Å². The summed E-state index contributed by atoms with van der Waals surface area (Å²) in [6, 6.07) is 10.6. The van der Waals surface area contributed by atoms with E-state index in [0.29, 0.717) is 12.0 Å². The van der Waals surface area contributed by atoms with Crippen molar-refractivity contribution in [1.29, 1.82) is 0 Å². The maximum Gasteiger partial charge on any atom is 0.241 e. The van der Waals surface area contributed by atoms with Crippen molar-refractivity contribution in [1.82, 2.24) is 15.1 Å². The van der Waals surface area contributed by atoms with E-state index in [0.717, 1.165) is 19.5 Å². The average molecular weight is 287 g/mol. The Morgan fingerprint density at radius 1 is 1.24 bits per heavy atom. The van der Waals surface area contributed by atoms with Crippen LogP contribution < -0.4 is 5.32 Å². The van der Waals surface area contributed by atoms with Gasteiger partial charge in [-0.2, -0.15) is 0 Å².